The average molecular weight is 375 g/mol. The van der Waals surface area contributed by atoms with Crippen molar-refractivity contribution in [3.63, 3.8) is 0 Å². The molecule has 0 radical (unpaired) electrons. The van der Waals surface area contributed by atoms with Crippen LogP contribution in [0.2, 0.25) is 0 Å². The molecular weight excluding hydrogens is 332 g/mol. The molecule has 26 heavy (non-hydrogen) atoms. The minimum atomic E-state index is -0.563. The molecule has 0 rings (SSSR count). The molecule has 0 spiro atoms. The van der Waals surface area contributed by atoms with Crippen LogP contribution < -0.4 is 0 Å². The van der Waals surface area contributed by atoms with Crippen LogP contribution in [0.1, 0.15) is 103 Å². The number of ketones is 1. The number of aliphatic hydroxyl groups excluding tert-OH is 4. The second kappa shape index (κ2) is 19.3. The fourth-order valence-corrected chi connectivity index (χ4v) is 3.13. The molecule has 0 aliphatic carbocycles. The first-order valence-corrected chi connectivity index (χ1v) is 10.7. The van der Waals surface area contributed by atoms with Crippen molar-refractivity contribution in [1.82, 2.24) is 0 Å². The van der Waals surface area contributed by atoms with Gasteiger partial charge in [-0.3, -0.25) is 4.79 Å². The van der Waals surface area contributed by atoms with Crippen LogP contribution in [0, 0.1) is 0 Å². The maximum Gasteiger partial charge on any atom is 0.132 e. The Morgan fingerprint density at radius 1 is 0.538 bits per heavy atom. The lowest BCUT2D eigenvalue weighted by molar-refractivity contribution is -0.119. The van der Waals surface area contributed by atoms with Gasteiger partial charge in [0.05, 0.1) is 25.4 Å². The van der Waals surface area contributed by atoms with E-state index in [1.54, 1.807) is 0 Å². The number of hydrogen-bond acceptors (Lipinski definition) is 5. The fraction of sp³-hybridized carbons (Fsp3) is 0.952. The van der Waals surface area contributed by atoms with Gasteiger partial charge in [-0.15, -0.1) is 0 Å². The summed E-state index contributed by atoms with van der Waals surface area (Å²) in [5.74, 6) is 0.391. The van der Waals surface area contributed by atoms with Crippen LogP contribution in [0.5, 0.6) is 0 Å². The molecule has 0 amide bonds. The van der Waals surface area contributed by atoms with E-state index >= 15 is 0 Å². The van der Waals surface area contributed by atoms with E-state index in [0.29, 0.717) is 31.5 Å². The summed E-state index contributed by atoms with van der Waals surface area (Å²) in [7, 11) is 0. The zero-order valence-electron chi connectivity index (χ0n) is 16.6. The third kappa shape index (κ3) is 18.3. The topological polar surface area (TPSA) is 98.0 Å². The molecule has 5 heteroatoms. The summed E-state index contributed by atoms with van der Waals surface area (Å²) < 4.78 is 0. The zero-order valence-corrected chi connectivity index (χ0v) is 16.6. The fourth-order valence-electron chi connectivity index (χ4n) is 3.13. The summed E-state index contributed by atoms with van der Waals surface area (Å²) in [5.41, 5.74) is 0. The molecule has 156 valence electrons. The lowest BCUT2D eigenvalue weighted by Crippen LogP contribution is -2.10. The molecule has 4 N–H and O–H groups in total. The maximum absolute atomic E-state index is 11.8. The summed E-state index contributed by atoms with van der Waals surface area (Å²) in [5, 5.41) is 35.9. The van der Waals surface area contributed by atoms with Gasteiger partial charge >= 0.3 is 0 Å². The van der Waals surface area contributed by atoms with E-state index in [2.05, 4.69) is 0 Å². The van der Waals surface area contributed by atoms with Crippen molar-refractivity contribution in [1.29, 1.82) is 0 Å². The Balaban J connectivity index is 3.23. The van der Waals surface area contributed by atoms with Crippen LogP contribution in [-0.4, -0.2) is 51.6 Å². The van der Waals surface area contributed by atoms with E-state index in [9.17, 15) is 15.0 Å². The quantitative estimate of drug-likeness (QED) is 0.245. The Labute approximate surface area is 159 Å². The van der Waals surface area contributed by atoms with Gasteiger partial charge < -0.3 is 20.4 Å². The van der Waals surface area contributed by atoms with Gasteiger partial charge in [-0.05, 0) is 25.7 Å². The Morgan fingerprint density at radius 3 is 1.19 bits per heavy atom. The van der Waals surface area contributed by atoms with Crippen LogP contribution in [0.3, 0.4) is 0 Å². The summed E-state index contributed by atoms with van der Waals surface area (Å²) in [6.45, 7) is -0.284. The van der Waals surface area contributed by atoms with E-state index < -0.39 is 12.2 Å². The van der Waals surface area contributed by atoms with E-state index in [-0.39, 0.29) is 13.2 Å². The number of carbonyl (C=O) groups excluding carboxylic acids is 1. The normalized spacial score (nSPS) is 13.7. The van der Waals surface area contributed by atoms with E-state index in [1.807, 2.05) is 0 Å². The number of Topliss-reactive ketones (excluding diaryl/α,β-unsaturated/α-hetero) is 1. The van der Waals surface area contributed by atoms with Crippen molar-refractivity contribution < 1.29 is 25.2 Å². The highest BCUT2D eigenvalue weighted by Gasteiger charge is 2.04. The zero-order chi connectivity index (χ0) is 19.5. The predicted octanol–water partition coefficient (Wildman–Crippen LogP) is 3.50. The lowest BCUT2D eigenvalue weighted by atomic mass is 10.0. The average Bonchev–Trinajstić information content (AvgIpc) is 2.65. The summed E-state index contributed by atoms with van der Waals surface area (Å²) in [6.07, 6.45) is 14.5. The van der Waals surface area contributed by atoms with Gasteiger partial charge in [0, 0.05) is 12.8 Å². The highest BCUT2D eigenvalue weighted by atomic mass is 16.3. The number of unbranched alkanes of at least 4 members (excludes halogenated alkanes) is 10. The highest BCUT2D eigenvalue weighted by Crippen LogP contribution is 2.13. The van der Waals surface area contributed by atoms with Gasteiger partial charge in [-0.2, -0.15) is 0 Å². The van der Waals surface area contributed by atoms with Gasteiger partial charge in [0.1, 0.15) is 5.78 Å². The van der Waals surface area contributed by atoms with E-state index in [1.165, 1.54) is 0 Å². The predicted molar refractivity (Wildman–Crippen MR) is 105 cm³/mol. The molecule has 0 aromatic rings. The summed E-state index contributed by atoms with van der Waals surface area (Å²) in [4.78, 5) is 11.8. The van der Waals surface area contributed by atoms with E-state index in [0.717, 1.165) is 77.0 Å². The summed E-state index contributed by atoms with van der Waals surface area (Å²) in [6, 6.07) is 0. The monoisotopic (exact) mass is 374 g/mol. The van der Waals surface area contributed by atoms with Crippen molar-refractivity contribution in [2.24, 2.45) is 0 Å². The molecule has 5 nitrogen and oxygen atoms in total. The second-order valence-electron chi connectivity index (χ2n) is 7.53. The number of hydrogen-bond donors (Lipinski definition) is 4. The third-order valence-electron chi connectivity index (χ3n) is 4.91. The molecule has 0 aromatic carbocycles. The molecule has 0 fully saturated rings. The molecule has 0 aromatic heterocycles. The molecule has 2 atom stereocenters. The standard InChI is InChI=1S/C21H42O5/c22-17-20(25)15-11-7-3-1-5-9-13-19(24)14-10-6-2-4-8-12-16-21(26)18-23/h20-23,25-26H,1-18H2. The molecule has 0 saturated heterocycles. The SMILES string of the molecule is O=C(CCCCCCCCC(O)CO)CCCCCCCCC(O)CO. The number of aliphatic hydroxyl groups is 4. The summed E-state index contributed by atoms with van der Waals surface area (Å²) >= 11 is 0. The molecular formula is C21H42O5. The minimum absolute atomic E-state index is 0.142. The van der Waals surface area contributed by atoms with Crippen molar-refractivity contribution in [2.75, 3.05) is 13.2 Å². The van der Waals surface area contributed by atoms with Crippen molar-refractivity contribution in [3.8, 4) is 0 Å². The van der Waals surface area contributed by atoms with Crippen LogP contribution in [-0.2, 0) is 4.79 Å². The van der Waals surface area contributed by atoms with Gasteiger partial charge in [-0.25, -0.2) is 0 Å². The smallest absolute Gasteiger partial charge is 0.132 e. The van der Waals surface area contributed by atoms with Crippen LogP contribution in [0.4, 0.5) is 0 Å². The van der Waals surface area contributed by atoms with Crippen LogP contribution in [0.25, 0.3) is 0 Å². The van der Waals surface area contributed by atoms with Crippen molar-refractivity contribution in [3.05, 3.63) is 0 Å². The molecule has 0 aliphatic rings. The third-order valence-corrected chi connectivity index (χ3v) is 4.91. The molecule has 2 unspecified atom stereocenters. The number of carbonyl (C=O) groups is 1. The molecule has 0 bridgehead atoms. The Kier molecular flexibility index (Phi) is 18.9. The lowest BCUT2D eigenvalue weighted by Gasteiger charge is -2.06. The molecule has 0 aliphatic heterocycles. The Bertz CT molecular complexity index is 281. The van der Waals surface area contributed by atoms with Crippen molar-refractivity contribution in [2.45, 2.75) is 115 Å². The van der Waals surface area contributed by atoms with Crippen LogP contribution >= 0.6 is 0 Å². The van der Waals surface area contributed by atoms with E-state index in [4.69, 9.17) is 10.2 Å². The van der Waals surface area contributed by atoms with Gasteiger partial charge in [-0.1, -0.05) is 64.2 Å². The largest absolute Gasteiger partial charge is 0.394 e. The Morgan fingerprint density at radius 2 is 0.846 bits per heavy atom. The molecule has 0 saturated carbocycles. The first kappa shape index (κ1) is 25.5. The first-order valence-electron chi connectivity index (χ1n) is 10.7. The first-order chi connectivity index (χ1) is 12.6. The van der Waals surface area contributed by atoms with Gasteiger partial charge in [0.15, 0.2) is 0 Å². The van der Waals surface area contributed by atoms with Crippen LogP contribution in [0.15, 0.2) is 0 Å². The van der Waals surface area contributed by atoms with Gasteiger partial charge in [0.2, 0.25) is 0 Å². The molecule has 0 heterocycles. The second-order valence-corrected chi connectivity index (χ2v) is 7.53. The van der Waals surface area contributed by atoms with Gasteiger partial charge in [0.25, 0.3) is 0 Å². The highest BCUT2D eigenvalue weighted by molar-refractivity contribution is 5.78. The maximum atomic E-state index is 11.8. The minimum Gasteiger partial charge on any atom is -0.394 e. The Hall–Kier alpha value is -0.490. The van der Waals surface area contributed by atoms with Crippen molar-refractivity contribution >= 4 is 5.78 Å². The number of rotatable bonds is 20.